The van der Waals surface area contributed by atoms with E-state index in [1.54, 1.807) is 19.5 Å². The number of carbonyl (C=O) groups excluding carboxylic acids is 1. The van der Waals surface area contributed by atoms with Gasteiger partial charge in [-0.25, -0.2) is 0 Å². The van der Waals surface area contributed by atoms with Crippen molar-refractivity contribution in [1.29, 1.82) is 0 Å². The molecule has 0 bridgehead atoms. The molecule has 2 aromatic carbocycles. The molecule has 4 aromatic rings. The van der Waals surface area contributed by atoms with Crippen LogP contribution in [0.4, 0.5) is 0 Å². The van der Waals surface area contributed by atoms with Gasteiger partial charge in [0.15, 0.2) is 5.82 Å². The number of benzene rings is 2. The maximum absolute atomic E-state index is 13.8. The predicted octanol–water partition coefficient (Wildman–Crippen LogP) is 4.23. The van der Waals surface area contributed by atoms with Crippen molar-refractivity contribution in [3.8, 4) is 22.9 Å². The number of nitrogens with zero attached hydrogens (tertiary/aromatic N) is 6. The number of rotatable bonds is 5. The Morgan fingerprint density at radius 1 is 1.09 bits per heavy atom. The standard InChI is InChI=1S/C25H26N6O3/c1-15-7-8-22(33-4)19(12-15)24-28-23(29-34-24)20-6-5-11-30(20)25(32)18-13-16(2)17(3)14-21(18)31-26-9-10-27-31/h7-10,12-14,20H,5-6,11H2,1-4H3. The van der Waals surface area contributed by atoms with Crippen molar-refractivity contribution < 1.29 is 14.1 Å². The summed E-state index contributed by atoms with van der Waals surface area (Å²) in [4.78, 5) is 21.7. The van der Waals surface area contributed by atoms with E-state index < -0.39 is 0 Å². The molecule has 1 aliphatic heterocycles. The summed E-state index contributed by atoms with van der Waals surface area (Å²) in [6.07, 6.45) is 4.81. The van der Waals surface area contributed by atoms with Crippen molar-refractivity contribution in [2.24, 2.45) is 0 Å². The van der Waals surface area contributed by atoms with Gasteiger partial charge in [0.2, 0.25) is 0 Å². The summed E-state index contributed by atoms with van der Waals surface area (Å²) in [5, 5.41) is 12.7. The molecular weight excluding hydrogens is 432 g/mol. The molecule has 0 spiro atoms. The van der Waals surface area contributed by atoms with Gasteiger partial charge in [0.05, 0.1) is 42.4 Å². The summed E-state index contributed by atoms with van der Waals surface area (Å²) in [5.41, 5.74) is 5.10. The van der Waals surface area contributed by atoms with Crippen molar-refractivity contribution in [1.82, 2.24) is 30.0 Å². The number of aromatic nitrogens is 5. The number of likely N-dealkylation sites (tertiary alicyclic amines) is 1. The first-order valence-electron chi connectivity index (χ1n) is 11.2. The Labute approximate surface area is 197 Å². The Kier molecular flexibility index (Phi) is 5.61. The monoisotopic (exact) mass is 458 g/mol. The summed E-state index contributed by atoms with van der Waals surface area (Å²) in [6, 6.07) is 9.37. The van der Waals surface area contributed by atoms with Crippen LogP contribution in [0.1, 0.15) is 51.8 Å². The van der Waals surface area contributed by atoms with E-state index in [0.717, 1.165) is 35.1 Å². The molecule has 0 N–H and O–H groups in total. The first-order valence-corrected chi connectivity index (χ1v) is 11.2. The van der Waals surface area contributed by atoms with Gasteiger partial charge in [0, 0.05) is 6.54 Å². The Morgan fingerprint density at radius 3 is 2.62 bits per heavy atom. The minimum absolute atomic E-state index is 0.0996. The molecule has 1 atom stereocenters. The normalized spacial score (nSPS) is 15.6. The van der Waals surface area contributed by atoms with Crippen LogP contribution in [0, 0.1) is 20.8 Å². The van der Waals surface area contributed by atoms with E-state index in [4.69, 9.17) is 9.26 Å². The number of carbonyl (C=O) groups is 1. The molecular formula is C25H26N6O3. The van der Waals surface area contributed by atoms with Gasteiger partial charge in [0.25, 0.3) is 11.8 Å². The van der Waals surface area contributed by atoms with Gasteiger partial charge in [-0.05, 0) is 69.0 Å². The molecule has 1 amide bonds. The van der Waals surface area contributed by atoms with Crippen molar-refractivity contribution in [3.05, 3.63) is 70.8 Å². The van der Waals surface area contributed by atoms with Gasteiger partial charge in [-0.15, -0.1) is 0 Å². The predicted molar refractivity (Wildman–Crippen MR) is 125 cm³/mol. The van der Waals surface area contributed by atoms with Gasteiger partial charge < -0.3 is 14.2 Å². The maximum Gasteiger partial charge on any atom is 0.261 e. The molecule has 9 heteroatoms. The van der Waals surface area contributed by atoms with Crippen LogP contribution >= 0.6 is 0 Å². The van der Waals surface area contributed by atoms with Crippen LogP contribution in [0.3, 0.4) is 0 Å². The number of hydrogen-bond donors (Lipinski definition) is 0. The third-order valence-electron chi connectivity index (χ3n) is 6.32. The molecule has 0 radical (unpaired) electrons. The molecule has 34 heavy (non-hydrogen) atoms. The third kappa shape index (κ3) is 3.83. The SMILES string of the molecule is COc1ccc(C)cc1-c1nc(C2CCCN2C(=O)c2cc(C)c(C)cc2-n2nccn2)no1. The second-order valence-electron chi connectivity index (χ2n) is 8.59. The Hall–Kier alpha value is -4.01. The summed E-state index contributed by atoms with van der Waals surface area (Å²) in [5.74, 6) is 1.43. The van der Waals surface area contributed by atoms with Crippen molar-refractivity contribution in [3.63, 3.8) is 0 Å². The van der Waals surface area contributed by atoms with Crippen LogP contribution < -0.4 is 4.74 Å². The van der Waals surface area contributed by atoms with E-state index in [0.29, 0.717) is 35.3 Å². The first kappa shape index (κ1) is 21.8. The molecule has 1 fully saturated rings. The van der Waals surface area contributed by atoms with Crippen LogP contribution in [0.15, 0.2) is 47.2 Å². The molecule has 2 aromatic heterocycles. The van der Waals surface area contributed by atoms with Crippen LogP contribution in [0.25, 0.3) is 17.1 Å². The highest BCUT2D eigenvalue weighted by atomic mass is 16.5. The van der Waals surface area contributed by atoms with Gasteiger partial charge in [-0.1, -0.05) is 16.8 Å². The van der Waals surface area contributed by atoms with Crippen molar-refractivity contribution in [2.75, 3.05) is 13.7 Å². The number of aryl methyl sites for hydroxylation is 3. The van der Waals surface area contributed by atoms with E-state index in [1.165, 1.54) is 4.80 Å². The Balaban J connectivity index is 1.49. The lowest BCUT2D eigenvalue weighted by Gasteiger charge is -2.24. The largest absolute Gasteiger partial charge is 0.496 e. The summed E-state index contributed by atoms with van der Waals surface area (Å²) in [6.45, 7) is 6.61. The molecule has 1 aliphatic rings. The number of methoxy groups -OCH3 is 1. The quantitative estimate of drug-likeness (QED) is 0.441. The summed E-state index contributed by atoms with van der Waals surface area (Å²) < 4.78 is 11.1. The molecule has 174 valence electrons. The summed E-state index contributed by atoms with van der Waals surface area (Å²) >= 11 is 0. The zero-order chi connectivity index (χ0) is 23.8. The first-order chi connectivity index (χ1) is 16.5. The van der Waals surface area contributed by atoms with Crippen LogP contribution in [0.2, 0.25) is 0 Å². The van der Waals surface area contributed by atoms with E-state index in [9.17, 15) is 4.79 Å². The van der Waals surface area contributed by atoms with Crippen LogP contribution in [-0.4, -0.2) is 49.6 Å². The van der Waals surface area contributed by atoms with Crippen molar-refractivity contribution in [2.45, 2.75) is 39.7 Å². The molecule has 1 unspecified atom stereocenters. The Morgan fingerprint density at radius 2 is 1.85 bits per heavy atom. The highest BCUT2D eigenvalue weighted by Crippen LogP contribution is 2.36. The Bertz CT molecular complexity index is 1340. The summed E-state index contributed by atoms with van der Waals surface area (Å²) in [7, 11) is 1.61. The lowest BCUT2D eigenvalue weighted by atomic mass is 10.0. The number of amides is 1. The fourth-order valence-corrected chi connectivity index (χ4v) is 4.38. The number of ether oxygens (including phenoxy) is 1. The second-order valence-corrected chi connectivity index (χ2v) is 8.59. The minimum atomic E-state index is -0.277. The van der Waals surface area contributed by atoms with Gasteiger partial charge in [0.1, 0.15) is 5.75 Å². The fraction of sp³-hybridized carbons (Fsp3) is 0.320. The molecule has 3 heterocycles. The van der Waals surface area contributed by atoms with Gasteiger partial charge in [-0.3, -0.25) is 4.79 Å². The minimum Gasteiger partial charge on any atom is -0.496 e. The smallest absolute Gasteiger partial charge is 0.261 e. The van der Waals surface area contributed by atoms with E-state index in [2.05, 4.69) is 20.3 Å². The highest BCUT2D eigenvalue weighted by molar-refractivity contribution is 5.98. The zero-order valence-electron chi connectivity index (χ0n) is 19.6. The third-order valence-corrected chi connectivity index (χ3v) is 6.32. The topological polar surface area (TPSA) is 99.2 Å². The lowest BCUT2D eigenvalue weighted by Crippen LogP contribution is -2.32. The molecule has 9 nitrogen and oxygen atoms in total. The highest BCUT2D eigenvalue weighted by Gasteiger charge is 2.35. The van der Waals surface area contributed by atoms with E-state index in [-0.39, 0.29) is 11.9 Å². The fourth-order valence-electron chi connectivity index (χ4n) is 4.38. The number of hydrogen-bond acceptors (Lipinski definition) is 7. The van der Waals surface area contributed by atoms with E-state index in [1.807, 2.05) is 56.0 Å². The van der Waals surface area contributed by atoms with Crippen LogP contribution in [-0.2, 0) is 0 Å². The van der Waals surface area contributed by atoms with E-state index >= 15 is 0 Å². The molecule has 0 saturated carbocycles. The average Bonchev–Trinajstić information content (AvgIpc) is 3.61. The molecule has 1 saturated heterocycles. The zero-order valence-corrected chi connectivity index (χ0v) is 19.6. The maximum atomic E-state index is 13.8. The average molecular weight is 459 g/mol. The molecule has 0 aliphatic carbocycles. The van der Waals surface area contributed by atoms with Crippen molar-refractivity contribution >= 4 is 5.91 Å². The van der Waals surface area contributed by atoms with Gasteiger partial charge >= 0.3 is 0 Å². The van der Waals surface area contributed by atoms with Gasteiger partial charge in [-0.2, -0.15) is 20.0 Å². The second kappa shape index (κ2) is 8.74. The van der Waals surface area contributed by atoms with Crippen LogP contribution in [0.5, 0.6) is 5.75 Å². The molecule has 5 rings (SSSR count). The lowest BCUT2D eigenvalue weighted by molar-refractivity contribution is 0.0728.